The second-order valence-electron chi connectivity index (χ2n) is 4.92. The van der Waals surface area contributed by atoms with Crippen molar-refractivity contribution in [3.63, 3.8) is 0 Å². The van der Waals surface area contributed by atoms with Crippen LogP contribution in [-0.2, 0) is 25.5 Å². The highest BCUT2D eigenvalue weighted by atomic mass is 35.5. The van der Waals surface area contributed by atoms with Crippen molar-refractivity contribution in [2.45, 2.75) is 18.9 Å². The van der Waals surface area contributed by atoms with Gasteiger partial charge in [-0.15, -0.1) is 0 Å². The summed E-state index contributed by atoms with van der Waals surface area (Å²) in [7, 11) is 1.34. The van der Waals surface area contributed by atoms with Gasteiger partial charge in [0.15, 0.2) is 0 Å². The number of benzene rings is 1. The number of nitrogens with zero attached hydrogens (tertiary/aromatic N) is 1. The Morgan fingerprint density at radius 2 is 2.29 bits per heavy atom. The van der Waals surface area contributed by atoms with Gasteiger partial charge in [0.1, 0.15) is 0 Å². The van der Waals surface area contributed by atoms with E-state index >= 15 is 0 Å². The van der Waals surface area contributed by atoms with Gasteiger partial charge in [-0.2, -0.15) is 0 Å². The number of amides is 1. The van der Waals surface area contributed by atoms with Crippen LogP contribution in [0.15, 0.2) is 24.3 Å². The molecule has 5 nitrogen and oxygen atoms in total. The summed E-state index contributed by atoms with van der Waals surface area (Å²) in [4.78, 5) is 25.3. The Labute approximate surface area is 128 Å². The zero-order chi connectivity index (χ0) is 15.2. The Morgan fingerprint density at radius 1 is 1.48 bits per heavy atom. The van der Waals surface area contributed by atoms with E-state index in [0.717, 1.165) is 5.56 Å². The van der Waals surface area contributed by atoms with E-state index in [9.17, 15) is 9.59 Å². The number of halogens is 1. The summed E-state index contributed by atoms with van der Waals surface area (Å²) in [5, 5.41) is 0.617. The summed E-state index contributed by atoms with van der Waals surface area (Å²) >= 11 is 5.91. The maximum atomic E-state index is 12.3. The van der Waals surface area contributed by atoms with Gasteiger partial charge in [-0.25, -0.2) is 0 Å². The summed E-state index contributed by atoms with van der Waals surface area (Å²) in [6, 6.07) is 7.25. The van der Waals surface area contributed by atoms with E-state index in [-0.39, 0.29) is 24.4 Å². The van der Waals surface area contributed by atoms with Gasteiger partial charge < -0.3 is 14.4 Å². The fourth-order valence-corrected chi connectivity index (χ4v) is 2.48. The maximum absolute atomic E-state index is 12.3. The van der Waals surface area contributed by atoms with Gasteiger partial charge in [-0.1, -0.05) is 23.7 Å². The van der Waals surface area contributed by atoms with Crippen molar-refractivity contribution in [1.82, 2.24) is 4.90 Å². The van der Waals surface area contributed by atoms with E-state index in [1.165, 1.54) is 7.11 Å². The molecule has 21 heavy (non-hydrogen) atoms. The van der Waals surface area contributed by atoms with Gasteiger partial charge in [-0.3, -0.25) is 9.59 Å². The molecule has 1 aromatic carbocycles. The zero-order valence-corrected chi connectivity index (χ0v) is 12.6. The maximum Gasteiger partial charge on any atom is 0.308 e. The Kier molecular flexibility index (Phi) is 5.59. The number of ether oxygens (including phenoxy) is 2. The predicted molar refractivity (Wildman–Crippen MR) is 78.1 cm³/mol. The van der Waals surface area contributed by atoms with Crippen molar-refractivity contribution in [2.24, 2.45) is 0 Å². The standard InChI is InChI=1S/C15H18ClNO4/c1-20-15(19)9-13-10-17(5-6-21-13)14(18)8-11-3-2-4-12(16)7-11/h2-4,7,13H,5-6,8-10H2,1H3. The van der Waals surface area contributed by atoms with E-state index in [0.29, 0.717) is 31.1 Å². The number of carbonyl (C=O) groups is 2. The predicted octanol–water partition coefficient (Wildman–Crippen LogP) is 1.67. The molecule has 1 unspecified atom stereocenters. The fraction of sp³-hybridized carbons (Fsp3) is 0.467. The SMILES string of the molecule is COC(=O)CC1CN(C(=O)Cc2cccc(Cl)c2)CCO1. The van der Waals surface area contributed by atoms with E-state index in [1.807, 2.05) is 12.1 Å². The first-order valence-electron chi connectivity index (χ1n) is 6.79. The minimum atomic E-state index is -0.329. The molecule has 0 aliphatic carbocycles. The van der Waals surface area contributed by atoms with Crippen LogP contribution in [0.2, 0.25) is 5.02 Å². The first-order chi connectivity index (χ1) is 10.1. The Bertz CT molecular complexity index is 520. The molecule has 1 amide bonds. The Balaban J connectivity index is 1.91. The molecule has 0 saturated carbocycles. The van der Waals surface area contributed by atoms with Crippen molar-refractivity contribution in [2.75, 3.05) is 26.8 Å². The highest BCUT2D eigenvalue weighted by Gasteiger charge is 2.26. The molecular weight excluding hydrogens is 294 g/mol. The minimum absolute atomic E-state index is 0.00966. The first kappa shape index (κ1) is 15.8. The van der Waals surface area contributed by atoms with Gasteiger partial charge in [0, 0.05) is 18.1 Å². The van der Waals surface area contributed by atoms with Crippen molar-refractivity contribution in [3.8, 4) is 0 Å². The monoisotopic (exact) mass is 311 g/mol. The quantitative estimate of drug-likeness (QED) is 0.794. The molecule has 0 radical (unpaired) electrons. The number of esters is 1. The lowest BCUT2D eigenvalue weighted by Gasteiger charge is -2.32. The molecule has 6 heteroatoms. The number of hydrogen-bond acceptors (Lipinski definition) is 4. The second-order valence-corrected chi connectivity index (χ2v) is 5.36. The minimum Gasteiger partial charge on any atom is -0.469 e. The van der Waals surface area contributed by atoms with E-state index in [1.54, 1.807) is 17.0 Å². The van der Waals surface area contributed by atoms with Crippen molar-refractivity contribution >= 4 is 23.5 Å². The van der Waals surface area contributed by atoms with Crippen LogP contribution in [0.5, 0.6) is 0 Å². The average molecular weight is 312 g/mol. The van der Waals surface area contributed by atoms with E-state index in [2.05, 4.69) is 4.74 Å². The van der Waals surface area contributed by atoms with Crippen molar-refractivity contribution < 1.29 is 19.1 Å². The fourth-order valence-electron chi connectivity index (χ4n) is 2.27. The number of hydrogen-bond donors (Lipinski definition) is 0. The summed E-state index contributed by atoms with van der Waals surface area (Å²) in [6.45, 7) is 1.38. The van der Waals surface area contributed by atoms with Crippen LogP contribution in [0.25, 0.3) is 0 Å². The highest BCUT2D eigenvalue weighted by molar-refractivity contribution is 6.30. The third-order valence-electron chi connectivity index (χ3n) is 3.36. The third-order valence-corrected chi connectivity index (χ3v) is 3.59. The Hall–Kier alpha value is -1.59. The largest absolute Gasteiger partial charge is 0.469 e. The lowest BCUT2D eigenvalue weighted by atomic mass is 10.1. The second kappa shape index (κ2) is 7.43. The van der Waals surface area contributed by atoms with Crippen LogP contribution >= 0.6 is 11.6 Å². The third kappa shape index (κ3) is 4.72. The molecule has 0 N–H and O–H groups in total. The number of rotatable bonds is 4. The summed E-state index contributed by atoms with van der Waals surface area (Å²) < 4.78 is 10.1. The van der Waals surface area contributed by atoms with Crippen LogP contribution < -0.4 is 0 Å². The number of morpholine rings is 1. The summed E-state index contributed by atoms with van der Waals surface area (Å²) in [6.07, 6.45) is 0.165. The van der Waals surface area contributed by atoms with Crippen LogP contribution in [0, 0.1) is 0 Å². The number of methoxy groups -OCH3 is 1. The molecule has 1 saturated heterocycles. The van der Waals surface area contributed by atoms with E-state index in [4.69, 9.17) is 16.3 Å². The molecule has 0 spiro atoms. The van der Waals surface area contributed by atoms with E-state index < -0.39 is 0 Å². The lowest BCUT2D eigenvalue weighted by molar-refractivity contribution is -0.149. The van der Waals surface area contributed by atoms with Gasteiger partial charge in [0.25, 0.3) is 0 Å². The summed E-state index contributed by atoms with van der Waals surface area (Å²) in [5.74, 6) is -0.320. The van der Waals surface area contributed by atoms with Gasteiger partial charge in [0.2, 0.25) is 5.91 Å². The molecule has 1 aliphatic rings. The molecular formula is C15H18ClNO4. The van der Waals surface area contributed by atoms with Crippen LogP contribution in [0.3, 0.4) is 0 Å². The molecule has 0 bridgehead atoms. The van der Waals surface area contributed by atoms with Crippen LogP contribution in [0.4, 0.5) is 0 Å². The van der Waals surface area contributed by atoms with Gasteiger partial charge >= 0.3 is 5.97 Å². The normalized spacial score (nSPS) is 18.4. The van der Waals surface area contributed by atoms with Crippen LogP contribution in [0.1, 0.15) is 12.0 Å². The Morgan fingerprint density at radius 3 is 3.00 bits per heavy atom. The molecule has 2 rings (SSSR count). The highest BCUT2D eigenvalue weighted by Crippen LogP contribution is 2.14. The molecule has 1 aliphatic heterocycles. The lowest BCUT2D eigenvalue weighted by Crippen LogP contribution is -2.46. The number of carbonyl (C=O) groups excluding carboxylic acids is 2. The molecule has 1 heterocycles. The molecule has 1 atom stereocenters. The topological polar surface area (TPSA) is 55.8 Å². The van der Waals surface area contributed by atoms with Crippen LogP contribution in [-0.4, -0.2) is 49.7 Å². The van der Waals surface area contributed by atoms with Crippen molar-refractivity contribution in [1.29, 1.82) is 0 Å². The van der Waals surface area contributed by atoms with Crippen molar-refractivity contribution in [3.05, 3.63) is 34.9 Å². The smallest absolute Gasteiger partial charge is 0.308 e. The van der Waals surface area contributed by atoms with Gasteiger partial charge in [-0.05, 0) is 17.7 Å². The summed E-state index contributed by atoms with van der Waals surface area (Å²) in [5.41, 5.74) is 0.878. The first-order valence-corrected chi connectivity index (χ1v) is 7.17. The average Bonchev–Trinajstić information content (AvgIpc) is 2.47. The molecule has 1 fully saturated rings. The molecule has 1 aromatic rings. The van der Waals surface area contributed by atoms with Gasteiger partial charge in [0.05, 0.1) is 32.7 Å². The molecule has 0 aromatic heterocycles. The zero-order valence-electron chi connectivity index (χ0n) is 11.9. The molecule has 114 valence electrons.